The summed E-state index contributed by atoms with van der Waals surface area (Å²) < 4.78 is 23.3. The average Bonchev–Trinajstić information content (AvgIpc) is 3.35. The summed E-state index contributed by atoms with van der Waals surface area (Å²) in [5, 5.41) is 7.47. The topological polar surface area (TPSA) is 96.7 Å². The SMILES string of the molecule is CCOCCOc1nc(-c2ccc(C)cc2)n(-c2ccc(NC(=O)c3ccc(OC)cc3OC)cc2)n1. The summed E-state index contributed by atoms with van der Waals surface area (Å²) in [5.74, 6) is 1.39. The molecule has 0 spiro atoms. The number of ether oxygens (including phenoxy) is 4. The van der Waals surface area contributed by atoms with E-state index in [1.807, 2.05) is 50.2 Å². The molecule has 4 aromatic rings. The van der Waals surface area contributed by atoms with Crippen molar-refractivity contribution in [2.45, 2.75) is 13.8 Å². The maximum Gasteiger partial charge on any atom is 0.336 e. The minimum absolute atomic E-state index is 0.263. The fourth-order valence-electron chi connectivity index (χ4n) is 3.63. The number of aryl methyl sites for hydroxylation is 1. The lowest BCUT2D eigenvalue weighted by Gasteiger charge is -2.11. The lowest BCUT2D eigenvalue weighted by atomic mass is 10.1. The van der Waals surface area contributed by atoms with Crippen molar-refractivity contribution in [1.82, 2.24) is 14.8 Å². The van der Waals surface area contributed by atoms with Crippen LogP contribution in [0.1, 0.15) is 22.8 Å². The van der Waals surface area contributed by atoms with E-state index in [0.717, 1.165) is 16.8 Å². The highest BCUT2D eigenvalue weighted by molar-refractivity contribution is 6.06. The van der Waals surface area contributed by atoms with Crippen molar-refractivity contribution in [3.63, 3.8) is 0 Å². The monoisotopic (exact) mass is 502 g/mol. The van der Waals surface area contributed by atoms with Crippen molar-refractivity contribution in [2.24, 2.45) is 0 Å². The van der Waals surface area contributed by atoms with Gasteiger partial charge in [-0.25, -0.2) is 4.68 Å². The van der Waals surface area contributed by atoms with E-state index in [0.29, 0.717) is 48.4 Å². The molecule has 0 fully saturated rings. The van der Waals surface area contributed by atoms with Crippen LogP contribution < -0.4 is 19.5 Å². The van der Waals surface area contributed by atoms with Crippen molar-refractivity contribution in [2.75, 3.05) is 39.4 Å². The van der Waals surface area contributed by atoms with Crippen LogP contribution in [0.15, 0.2) is 66.7 Å². The van der Waals surface area contributed by atoms with Crippen molar-refractivity contribution in [3.05, 3.63) is 77.9 Å². The van der Waals surface area contributed by atoms with E-state index in [1.54, 1.807) is 42.1 Å². The quantitative estimate of drug-likeness (QED) is 0.291. The largest absolute Gasteiger partial charge is 0.497 e. The Morgan fingerprint density at radius 3 is 2.38 bits per heavy atom. The molecule has 0 saturated carbocycles. The summed E-state index contributed by atoms with van der Waals surface area (Å²) >= 11 is 0. The maximum absolute atomic E-state index is 12.9. The van der Waals surface area contributed by atoms with Gasteiger partial charge in [0.05, 0.1) is 32.1 Å². The molecule has 0 aliphatic rings. The Morgan fingerprint density at radius 2 is 1.70 bits per heavy atom. The predicted octanol–water partition coefficient (Wildman–Crippen LogP) is 4.93. The normalized spacial score (nSPS) is 10.7. The van der Waals surface area contributed by atoms with Gasteiger partial charge in [0.15, 0.2) is 5.82 Å². The molecule has 0 bridgehead atoms. The highest BCUT2D eigenvalue weighted by Crippen LogP contribution is 2.27. The number of anilines is 1. The molecule has 9 nitrogen and oxygen atoms in total. The molecule has 4 rings (SSSR count). The number of methoxy groups -OCH3 is 2. The third-order valence-electron chi connectivity index (χ3n) is 5.58. The molecular weight excluding hydrogens is 472 g/mol. The minimum Gasteiger partial charge on any atom is -0.497 e. The Hall–Kier alpha value is -4.37. The number of rotatable bonds is 11. The summed E-state index contributed by atoms with van der Waals surface area (Å²) in [5.41, 5.74) is 3.84. The number of hydrogen-bond donors (Lipinski definition) is 1. The van der Waals surface area contributed by atoms with Gasteiger partial charge in [-0.2, -0.15) is 4.98 Å². The van der Waals surface area contributed by atoms with Gasteiger partial charge >= 0.3 is 6.01 Å². The molecule has 0 radical (unpaired) electrons. The van der Waals surface area contributed by atoms with Crippen LogP contribution in [-0.2, 0) is 4.74 Å². The van der Waals surface area contributed by atoms with Gasteiger partial charge in [0.25, 0.3) is 5.91 Å². The first-order valence-corrected chi connectivity index (χ1v) is 11.9. The van der Waals surface area contributed by atoms with Crippen molar-refractivity contribution in [3.8, 4) is 34.6 Å². The molecule has 1 heterocycles. The van der Waals surface area contributed by atoms with Crippen LogP contribution in [0.4, 0.5) is 5.69 Å². The molecule has 9 heteroatoms. The van der Waals surface area contributed by atoms with E-state index in [1.165, 1.54) is 7.11 Å². The average molecular weight is 503 g/mol. The van der Waals surface area contributed by atoms with E-state index in [-0.39, 0.29) is 11.9 Å². The summed E-state index contributed by atoms with van der Waals surface area (Å²) in [6.45, 7) is 5.39. The van der Waals surface area contributed by atoms with Crippen molar-refractivity contribution in [1.29, 1.82) is 0 Å². The molecule has 192 valence electrons. The first kappa shape index (κ1) is 25.7. The van der Waals surface area contributed by atoms with Gasteiger partial charge in [-0.3, -0.25) is 4.79 Å². The van der Waals surface area contributed by atoms with Crippen molar-refractivity contribution < 1.29 is 23.7 Å². The van der Waals surface area contributed by atoms with Gasteiger partial charge < -0.3 is 24.3 Å². The van der Waals surface area contributed by atoms with Crippen LogP contribution in [-0.4, -0.2) is 54.7 Å². The van der Waals surface area contributed by atoms with Gasteiger partial charge in [0, 0.05) is 23.9 Å². The van der Waals surface area contributed by atoms with E-state index in [2.05, 4.69) is 15.4 Å². The number of nitrogens with zero attached hydrogens (tertiary/aromatic N) is 3. The van der Waals surface area contributed by atoms with Crippen LogP contribution in [0.2, 0.25) is 0 Å². The Bertz CT molecular complexity index is 1330. The summed E-state index contributed by atoms with van der Waals surface area (Å²) in [4.78, 5) is 17.5. The zero-order valence-corrected chi connectivity index (χ0v) is 21.4. The fourth-order valence-corrected chi connectivity index (χ4v) is 3.63. The number of carbonyl (C=O) groups excluding carboxylic acids is 1. The number of aromatic nitrogens is 3. The van der Waals surface area contributed by atoms with Gasteiger partial charge in [0.1, 0.15) is 18.1 Å². The van der Waals surface area contributed by atoms with E-state index < -0.39 is 0 Å². The van der Waals surface area contributed by atoms with Gasteiger partial charge in [-0.05, 0) is 50.2 Å². The number of benzene rings is 3. The standard InChI is InChI=1S/C28H30N4O5/c1-5-36-16-17-37-28-30-26(20-8-6-19(2)7-9-20)32(31-28)22-12-10-21(11-13-22)29-27(33)24-15-14-23(34-3)18-25(24)35-4/h6-15,18H,5,16-17H2,1-4H3,(H,29,33). The van der Waals surface area contributed by atoms with Crippen molar-refractivity contribution >= 4 is 11.6 Å². The zero-order chi connectivity index (χ0) is 26.2. The number of hydrogen-bond acceptors (Lipinski definition) is 7. The molecular formula is C28H30N4O5. The van der Waals surface area contributed by atoms with E-state index in [9.17, 15) is 4.79 Å². The molecule has 0 unspecified atom stereocenters. The van der Waals surface area contributed by atoms with Crippen LogP contribution in [0.3, 0.4) is 0 Å². The summed E-state index contributed by atoms with van der Waals surface area (Å²) in [6.07, 6.45) is 0. The zero-order valence-electron chi connectivity index (χ0n) is 21.4. The molecule has 0 saturated heterocycles. The second-order valence-corrected chi connectivity index (χ2v) is 8.11. The second-order valence-electron chi connectivity index (χ2n) is 8.11. The number of amides is 1. The molecule has 1 amide bonds. The maximum atomic E-state index is 12.9. The molecule has 0 atom stereocenters. The summed E-state index contributed by atoms with van der Waals surface area (Å²) in [6, 6.07) is 20.7. The third kappa shape index (κ3) is 6.25. The second kappa shape index (κ2) is 12.0. The Labute approximate surface area is 216 Å². The molecule has 0 aliphatic carbocycles. The Kier molecular flexibility index (Phi) is 8.37. The fraction of sp³-hybridized carbons (Fsp3) is 0.250. The minimum atomic E-state index is -0.293. The number of nitrogens with one attached hydrogen (secondary N) is 1. The molecule has 3 aromatic carbocycles. The van der Waals surface area contributed by atoms with Gasteiger partial charge in [-0.15, -0.1) is 5.10 Å². The van der Waals surface area contributed by atoms with Crippen LogP contribution in [0, 0.1) is 6.92 Å². The predicted molar refractivity (Wildman–Crippen MR) is 141 cm³/mol. The lowest BCUT2D eigenvalue weighted by molar-refractivity contribution is 0.102. The molecule has 1 N–H and O–H groups in total. The van der Waals surface area contributed by atoms with Gasteiger partial charge in [-0.1, -0.05) is 29.8 Å². The molecule has 37 heavy (non-hydrogen) atoms. The molecule has 0 aliphatic heterocycles. The number of carbonyl (C=O) groups is 1. The highest BCUT2D eigenvalue weighted by atomic mass is 16.5. The Morgan fingerprint density at radius 1 is 0.946 bits per heavy atom. The Balaban J connectivity index is 1.57. The smallest absolute Gasteiger partial charge is 0.336 e. The van der Waals surface area contributed by atoms with E-state index >= 15 is 0 Å². The first-order chi connectivity index (χ1) is 18.0. The first-order valence-electron chi connectivity index (χ1n) is 11.9. The van der Waals surface area contributed by atoms with E-state index in [4.69, 9.17) is 18.9 Å². The van der Waals surface area contributed by atoms with Crippen LogP contribution >= 0.6 is 0 Å². The third-order valence-corrected chi connectivity index (χ3v) is 5.58. The highest BCUT2D eigenvalue weighted by Gasteiger charge is 2.16. The summed E-state index contributed by atoms with van der Waals surface area (Å²) in [7, 11) is 3.07. The van der Waals surface area contributed by atoms with Crippen LogP contribution in [0.25, 0.3) is 17.1 Å². The molecule has 1 aromatic heterocycles. The van der Waals surface area contributed by atoms with Gasteiger partial charge in [0.2, 0.25) is 0 Å². The lowest BCUT2D eigenvalue weighted by Crippen LogP contribution is -2.13. The van der Waals surface area contributed by atoms with Crippen LogP contribution in [0.5, 0.6) is 17.5 Å².